The lowest BCUT2D eigenvalue weighted by atomic mass is 10.0. The first-order valence-electron chi connectivity index (χ1n) is 4.93. The number of sulfonamides is 1. The minimum absolute atomic E-state index is 0.346. The number of rotatable bonds is 6. The molecule has 0 spiro atoms. The fraction of sp³-hybridized carbons (Fsp3) is 1.00. The smallest absolute Gasteiger partial charge is 0.211 e. The molecule has 80 valence electrons. The molecule has 2 unspecified atom stereocenters. The Kier molecular flexibility index (Phi) is 5.56. The highest BCUT2D eigenvalue weighted by Crippen LogP contribution is 2.16. The molecule has 0 radical (unpaired) electrons. The quantitative estimate of drug-likeness (QED) is 0.723. The third-order valence-electron chi connectivity index (χ3n) is 2.60. The van der Waals surface area contributed by atoms with Gasteiger partial charge in [0.15, 0.2) is 0 Å². The molecule has 4 heteroatoms. The van der Waals surface area contributed by atoms with E-state index in [0.717, 1.165) is 12.8 Å². The van der Waals surface area contributed by atoms with Gasteiger partial charge in [0.05, 0.1) is 5.25 Å². The molecule has 0 heterocycles. The van der Waals surface area contributed by atoms with Gasteiger partial charge in [-0.3, -0.25) is 0 Å². The van der Waals surface area contributed by atoms with Gasteiger partial charge < -0.3 is 0 Å². The van der Waals surface area contributed by atoms with Crippen LogP contribution in [0.25, 0.3) is 0 Å². The summed E-state index contributed by atoms with van der Waals surface area (Å²) in [6, 6.07) is 0. The van der Waals surface area contributed by atoms with E-state index in [4.69, 9.17) is 5.14 Å². The van der Waals surface area contributed by atoms with Crippen molar-refractivity contribution < 1.29 is 8.42 Å². The Morgan fingerprint density at radius 2 is 1.69 bits per heavy atom. The average Bonchev–Trinajstić information content (AvgIpc) is 2.02. The molecule has 13 heavy (non-hydrogen) atoms. The summed E-state index contributed by atoms with van der Waals surface area (Å²) in [5.74, 6) is 0.593. The lowest BCUT2D eigenvalue weighted by Crippen LogP contribution is -2.28. The topological polar surface area (TPSA) is 60.2 Å². The molecule has 0 amide bonds. The Bertz CT molecular complexity index is 224. The van der Waals surface area contributed by atoms with Crippen molar-refractivity contribution in [3.8, 4) is 0 Å². The molecule has 0 saturated heterocycles. The van der Waals surface area contributed by atoms with Gasteiger partial charge in [-0.05, 0) is 25.2 Å². The Morgan fingerprint density at radius 3 is 2.00 bits per heavy atom. The minimum Gasteiger partial charge on any atom is -0.228 e. The van der Waals surface area contributed by atoms with E-state index in [1.807, 2.05) is 6.92 Å². The van der Waals surface area contributed by atoms with Crippen LogP contribution in [0.1, 0.15) is 46.5 Å². The third kappa shape index (κ3) is 5.26. The highest BCUT2D eigenvalue weighted by molar-refractivity contribution is 7.89. The van der Waals surface area contributed by atoms with Crippen molar-refractivity contribution in [2.24, 2.45) is 11.1 Å². The van der Waals surface area contributed by atoms with Crippen LogP contribution >= 0.6 is 0 Å². The van der Waals surface area contributed by atoms with E-state index in [0.29, 0.717) is 18.8 Å². The van der Waals surface area contributed by atoms with E-state index >= 15 is 0 Å². The minimum atomic E-state index is -3.32. The first-order valence-corrected chi connectivity index (χ1v) is 6.54. The van der Waals surface area contributed by atoms with Crippen LogP contribution in [-0.4, -0.2) is 13.7 Å². The zero-order valence-corrected chi connectivity index (χ0v) is 9.60. The van der Waals surface area contributed by atoms with Crippen molar-refractivity contribution in [3.63, 3.8) is 0 Å². The maximum Gasteiger partial charge on any atom is 0.211 e. The lowest BCUT2D eigenvalue weighted by Gasteiger charge is -2.14. The molecule has 0 aliphatic carbocycles. The second kappa shape index (κ2) is 5.60. The van der Waals surface area contributed by atoms with Crippen molar-refractivity contribution in [3.05, 3.63) is 0 Å². The first kappa shape index (κ1) is 12.9. The van der Waals surface area contributed by atoms with Gasteiger partial charge in [0.2, 0.25) is 10.0 Å². The second-order valence-electron chi connectivity index (χ2n) is 3.71. The molecular formula is C9H21NO2S. The predicted molar refractivity (Wildman–Crippen MR) is 55.9 cm³/mol. The summed E-state index contributed by atoms with van der Waals surface area (Å²) < 4.78 is 22.1. The number of hydrogen-bond acceptors (Lipinski definition) is 2. The SMILES string of the molecule is CCC(C)CCC(CC)S(N)(=O)=O. The molecule has 2 atom stereocenters. The van der Waals surface area contributed by atoms with Crippen molar-refractivity contribution in [1.29, 1.82) is 0 Å². The predicted octanol–water partition coefficient (Wildman–Crippen LogP) is 1.88. The molecule has 0 aliphatic rings. The molecule has 0 aromatic heterocycles. The van der Waals surface area contributed by atoms with Crippen LogP contribution in [0.4, 0.5) is 0 Å². The van der Waals surface area contributed by atoms with Crippen molar-refractivity contribution in [2.75, 3.05) is 0 Å². The second-order valence-corrected chi connectivity index (χ2v) is 5.55. The third-order valence-corrected chi connectivity index (χ3v) is 4.10. The maximum atomic E-state index is 11.0. The van der Waals surface area contributed by atoms with Crippen molar-refractivity contribution in [1.82, 2.24) is 0 Å². The Balaban J connectivity index is 4.01. The van der Waals surface area contributed by atoms with Gasteiger partial charge in [0.1, 0.15) is 0 Å². The fourth-order valence-corrected chi connectivity index (χ4v) is 2.20. The summed E-state index contributed by atoms with van der Waals surface area (Å²) >= 11 is 0. The number of nitrogens with two attached hydrogens (primary N) is 1. The van der Waals surface area contributed by atoms with Crippen LogP contribution in [-0.2, 0) is 10.0 Å². The van der Waals surface area contributed by atoms with Gasteiger partial charge in [0, 0.05) is 0 Å². The van der Waals surface area contributed by atoms with Crippen molar-refractivity contribution >= 4 is 10.0 Å². The summed E-state index contributed by atoms with van der Waals surface area (Å²) in [6.45, 7) is 6.12. The van der Waals surface area contributed by atoms with Crippen LogP contribution in [0.5, 0.6) is 0 Å². The zero-order chi connectivity index (χ0) is 10.5. The van der Waals surface area contributed by atoms with Gasteiger partial charge in [0.25, 0.3) is 0 Å². The molecule has 0 fully saturated rings. The molecular weight excluding hydrogens is 186 g/mol. The van der Waals surface area contributed by atoms with Crippen LogP contribution in [0.3, 0.4) is 0 Å². The highest BCUT2D eigenvalue weighted by Gasteiger charge is 2.19. The van der Waals surface area contributed by atoms with Crippen LogP contribution < -0.4 is 5.14 Å². The molecule has 0 aromatic carbocycles. The van der Waals surface area contributed by atoms with E-state index < -0.39 is 10.0 Å². The summed E-state index contributed by atoms with van der Waals surface area (Å²) in [5.41, 5.74) is 0. The van der Waals surface area contributed by atoms with Gasteiger partial charge in [-0.1, -0.05) is 27.2 Å². The molecule has 0 rings (SSSR count). The average molecular weight is 207 g/mol. The molecule has 3 nitrogen and oxygen atoms in total. The van der Waals surface area contributed by atoms with Gasteiger partial charge in [-0.15, -0.1) is 0 Å². The zero-order valence-electron chi connectivity index (χ0n) is 8.79. The normalized spacial score (nSPS) is 16.9. The summed E-state index contributed by atoms with van der Waals surface area (Å²) in [7, 11) is -3.32. The van der Waals surface area contributed by atoms with Crippen LogP contribution in [0, 0.1) is 5.92 Å². The summed E-state index contributed by atoms with van der Waals surface area (Å²) in [5, 5.41) is 4.74. The fourth-order valence-electron chi connectivity index (χ4n) is 1.28. The van der Waals surface area contributed by atoms with E-state index in [-0.39, 0.29) is 5.25 Å². The van der Waals surface area contributed by atoms with Crippen LogP contribution in [0.2, 0.25) is 0 Å². The van der Waals surface area contributed by atoms with E-state index in [9.17, 15) is 8.42 Å². The Morgan fingerprint density at radius 1 is 1.15 bits per heavy atom. The standard InChI is InChI=1S/C9H21NO2S/c1-4-8(3)6-7-9(5-2)13(10,11)12/h8-9H,4-7H2,1-3H3,(H2,10,11,12). The monoisotopic (exact) mass is 207 g/mol. The van der Waals surface area contributed by atoms with Crippen molar-refractivity contribution in [2.45, 2.75) is 51.7 Å². The first-order chi connectivity index (χ1) is 5.91. The number of hydrogen-bond donors (Lipinski definition) is 1. The molecule has 0 saturated carbocycles. The highest BCUT2D eigenvalue weighted by atomic mass is 32.2. The Labute approximate surface area is 81.8 Å². The molecule has 0 aromatic rings. The van der Waals surface area contributed by atoms with E-state index in [1.165, 1.54) is 0 Å². The van der Waals surface area contributed by atoms with E-state index in [2.05, 4.69) is 13.8 Å². The van der Waals surface area contributed by atoms with Gasteiger partial charge >= 0.3 is 0 Å². The molecule has 2 N–H and O–H groups in total. The van der Waals surface area contributed by atoms with Gasteiger partial charge in [-0.25, -0.2) is 13.6 Å². The number of primary sulfonamides is 1. The van der Waals surface area contributed by atoms with Gasteiger partial charge in [-0.2, -0.15) is 0 Å². The van der Waals surface area contributed by atoms with E-state index in [1.54, 1.807) is 0 Å². The largest absolute Gasteiger partial charge is 0.228 e. The summed E-state index contributed by atoms with van der Waals surface area (Å²) in [4.78, 5) is 0. The Hall–Kier alpha value is -0.0900. The van der Waals surface area contributed by atoms with Crippen LogP contribution in [0.15, 0.2) is 0 Å². The summed E-state index contributed by atoms with van der Waals surface area (Å²) in [6.07, 6.45) is 3.37. The maximum absolute atomic E-state index is 11.0. The molecule has 0 bridgehead atoms. The molecule has 0 aliphatic heterocycles. The lowest BCUT2D eigenvalue weighted by molar-refractivity contribution is 0.475.